The Hall–Kier alpha value is -1.46. The molecule has 0 bridgehead atoms. The van der Waals surface area contributed by atoms with Crippen molar-refractivity contribution in [3.8, 4) is 0 Å². The van der Waals surface area contributed by atoms with Crippen molar-refractivity contribution in [2.45, 2.75) is 25.9 Å². The van der Waals surface area contributed by atoms with E-state index in [4.69, 9.17) is 17.0 Å². The first-order chi connectivity index (χ1) is 9.16. The van der Waals surface area contributed by atoms with Gasteiger partial charge in [-0.1, -0.05) is 18.2 Å². The minimum absolute atomic E-state index is 0.178. The van der Waals surface area contributed by atoms with E-state index in [2.05, 4.69) is 10.6 Å². The van der Waals surface area contributed by atoms with Crippen LogP contribution >= 0.6 is 12.2 Å². The predicted molar refractivity (Wildman–Crippen MR) is 78.2 cm³/mol. The van der Waals surface area contributed by atoms with Gasteiger partial charge in [0.15, 0.2) is 5.11 Å². The van der Waals surface area contributed by atoms with Gasteiger partial charge in [0, 0.05) is 18.7 Å². The van der Waals surface area contributed by atoms with Crippen LogP contribution in [-0.4, -0.2) is 30.3 Å². The summed E-state index contributed by atoms with van der Waals surface area (Å²) in [5, 5.41) is 6.06. The molecule has 1 fully saturated rings. The van der Waals surface area contributed by atoms with Crippen LogP contribution in [0.5, 0.6) is 0 Å². The number of amides is 1. The molecule has 0 aliphatic carbocycles. The molecule has 0 saturated carbocycles. The zero-order valence-corrected chi connectivity index (χ0v) is 11.8. The number of benzene rings is 1. The van der Waals surface area contributed by atoms with Gasteiger partial charge in [-0.15, -0.1) is 0 Å². The van der Waals surface area contributed by atoms with E-state index in [9.17, 15) is 4.79 Å². The van der Waals surface area contributed by atoms with Crippen LogP contribution < -0.4 is 10.6 Å². The van der Waals surface area contributed by atoms with Gasteiger partial charge in [0.2, 0.25) is 0 Å². The lowest BCUT2D eigenvalue weighted by Crippen LogP contribution is -2.42. The van der Waals surface area contributed by atoms with Crippen LogP contribution in [0.2, 0.25) is 0 Å². The SMILES string of the molecule is Cc1ccccc1C(=O)NC(=S)NC[C@H]1CCCO1. The third-order valence-corrected chi connectivity index (χ3v) is 3.38. The standard InChI is InChI=1S/C14H18N2O2S/c1-10-5-2-3-7-12(10)13(17)16-14(19)15-9-11-6-4-8-18-11/h2-3,5,7,11H,4,6,8-9H2,1H3,(H2,15,16,17,19)/t11-/m1/s1. The third kappa shape index (κ3) is 4.01. The lowest BCUT2D eigenvalue weighted by atomic mass is 10.1. The highest BCUT2D eigenvalue weighted by Crippen LogP contribution is 2.10. The van der Waals surface area contributed by atoms with Crippen molar-refractivity contribution in [1.29, 1.82) is 0 Å². The molecule has 1 atom stereocenters. The largest absolute Gasteiger partial charge is 0.376 e. The summed E-state index contributed by atoms with van der Waals surface area (Å²) in [6, 6.07) is 7.43. The molecule has 1 heterocycles. The van der Waals surface area contributed by atoms with Gasteiger partial charge in [-0.2, -0.15) is 0 Å². The maximum absolute atomic E-state index is 12.0. The van der Waals surface area contributed by atoms with Gasteiger partial charge in [0.1, 0.15) is 0 Å². The van der Waals surface area contributed by atoms with E-state index in [1.165, 1.54) is 0 Å². The van der Waals surface area contributed by atoms with Crippen LogP contribution in [0, 0.1) is 6.92 Å². The van der Waals surface area contributed by atoms with E-state index < -0.39 is 0 Å². The predicted octanol–water partition coefficient (Wildman–Crippen LogP) is 1.78. The molecule has 4 nitrogen and oxygen atoms in total. The first kappa shape index (κ1) is 14.0. The van der Waals surface area contributed by atoms with Crippen molar-refractivity contribution >= 4 is 23.2 Å². The van der Waals surface area contributed by atoms with Gasteiger partial charge >= 0.3 is 0 Å². The van der Waals surface area contributed by atoms with E-state index >= 15 is 0 Å². The second kappa shape index (κ2) is 6.63. The number of nitrogens with one attached hydrogen (secondary N) is 2. The van der Waals surface area contributed by atoms with E-state index in [1.807, 2.05) is 25.1 Å². The van der Waals surface area contributed by atoms with E-state index in [0.29, 0.717) is 17.2 Å². The Labute approximate surface area is 118 Å². The highest BCUT2D eigenvalue weighted by Gasteiger charge is 2.16. The first-order valence-corrected chi connectivity index (χ1v) is 6.84. The molecule has 5 heteroatoms. The summed E-state index contributed by atoms with van der Waals surface area (Å²) in [6.07, 6.45) is 2.34. The maximum atomic E-state index is 12.0. The summed E-state index contributed by atoms with van der Waals surface area (Å²) in [5.74, 6) is -0.178. The molecule has 0 spiro atoms. The summed E-state index contributed by atoms with van der Waals surface area (Å²) in [7, 11) is 0. The summed E-state index contributed by atoms with van der Waals surface area (Å²) >= 11 is 5.11. The fraction of sp³-hybridized carbons (Fsp3) is 0.429. The van der Waals surface area contributed by atoms with Crippen molar-refractivity contribution in [3.05, 3.63) is 35.4 Å². The minimum Gasteiger partial charge on any atom is -0.376 e. The quantitative estimate of drug-likeness (QED) is 0.828. The molecule has 1 amide bonds. The molecule has 1 aliphatic rings. The van der Waals surface area contributed by atoms with E-state index in [0.717, 1.165) is 25.0 Å². The Morgan fingerprint density at radius 1 is 1.47 bits per heavy atom. The fourth-order valence-electron chi connectivity index (χ4n) is 2.05. The zero-order valence-electron chi connectivity index (χ0n) is 10.9. The Balaban J connectivity index is 1.81. The second-order valence-corrected chi connectivity index (χ2v) is 5.02. The van der Waals surface area contributed by atoms with Crippen LogP contribution in [-0.2, 0) is 4.74 Å². The van der Waals surface area contributed by atoms with Gasteiger partial charge in [0.05, 0.1) is 6.10 Å². The molecule has 1 aliphatic heterocycles. The molecule has 19 heavy (non-hydrogen) atoms. The Morgan fingerprint density at radius 3 is 2.95 bits per heavy atom. The van der Waals surface area contributed by atoms with Gasteiger partial charge in [-0.05, 0) is 43.6 Å². The van der Waals surface area contributed by atoms with Crippen LogP contribution in [0.4, 0.5) is 0 Å². The molecule has 1 aromatic rings. The van der Waals surface area contributed by atoms with Gasteiger partial charge in [-0.25, -0.2) is 0 Å². The van der Waals surface area contributed by atoms with E-state index in [1.54, 1.807) is 6.07 Å². The Kier molecular flexibility index (Phi) is 4.87. The van der Waals surface area contributed by atoms with Crippen molar-refractivity contribution in [1.82, 2.24) is 10.6 Å². The van der Waals surface area contributed by atoms with Crippen molar-refractivity contribution in [2.24, 2.45) is 0 Å². The summed E-state index contributed by atoms with van der Waals surface area (Å²) < 4.78 is 5.48. The molecule has 0 unspecified atom stereocenters. The molecule has 1 aromatic carbocycles. The van der Waals surface area contributed by atoms with Gasteiger partial charge in [-0.3, -0.25) is 10.1 Å². The second-order valence-electron chi connectivity index (χ2n) is 4.61. The highest BCUT2D eigenvalue weighted by atomic mass is 32.1. The van der Waals surface area contributed by atoms with Crippen LogP contribution in [0.3, 0.4) is 0 Å². The first-order valence-electron chi connectivity index (χ1n) is 6.43. The number of ether oxygens (including phenoxy) is 1. The fourth-order valence-corrected chi connectivity index (χ4v) is 2.23. The van der Waals surface area contributed by atoms with Crippen molar-refractivity contribution in [3.63, 3.8) is 0 Å². The average Bonchev–Trinajstić information content (AvgIpc) is 2.90. The number of hydrogen-bond donors (Lipinski definition) is 2. The number of aryl methyl sites for hydroxylation is 1. The van der Waals surface area contributed by atoms with Crippen molar-refractivity contribution in [2.75, 3.05) is 13.2 Å². The number of carbonyl (C=O) groups excluding carboxylic acids is 1. The molecule has 2 rings (SSSR count). The molecule has 1 saturated heterocycles. The molecule has 0 aromatic heterocycles. The van der Waals surface area contributed by atoms with E-state index in [-0.39, 0.29) is 12.0 Å². The van der Waals surface area contributed by atoms with Crippen molar-refractivity contribution < 1.29 is 9.53 Å². The topological polar surface area (TPSA) is 50.4 Å². The maximum Gasteiger partial charge on any atom is 0.257 e. The Morgan fingerprint density at radius 2 is 2.26 bits per heavy atom. The monoisotopic (exact) mass is 278 g/mol. The lowest BCUT2D eigenvalue weighted by molar-refractivity contribution is 0.0972. The average molecular weight is 278 g/mol. The number of hydrogen-bond acceptors (Lipinski definition) is 3. The van der Waals surface area contributed by atoms with Crippen LogP contribution in [0.15, 0.2) is 24.3 Å². The number of carbonyl (C=O) groups is 1. The number of rotatable bonds is 3. The molecule has 2 N–H and O–H groups in total. The molecular weight excluding hydrogens is 260 g/mol. The lowest BCUT2D eigenvalue weighted by Gasteiger charge is -2.13. The van der Waals surface area contributed by atoms with Gasteiger partial charge < -0.3 is 10.1 Å². The van der Waals surface area contributed by atoms with Gasteiger partial charge in [0.25, 0.3) is 5.91 Å². The highest BCUT2D eigenvalue weighted by molar-refractivity contribution is 7.80. The molecule has 0 radical (unpaired) electrons. The van der Waals surface area contributed by atoms with Crippen LogP contribution in [0.25, 0.3) is 0 Å². The normalized spacial score (nSPS) is 18.1. The zero-order chi connectivity index (χ0) is 13.7. The number of thiocarbonyl (C=S) groups is 1. The molecule has 102 valence electrons. The van der Waals surface area contributed by atoms with Crippen LogP contribution in [0.1, 0.15) is 28.8 Å². The third-order valence-electron chi connectivity index (χ3n) is 3.13. The summed E-state index contributed by atoms with van der Waals surface area (Å²) in [6.45, 7) is 3.36. The summed E-state index contributed by atoms with van der Waals surface area (Å²) in [4.78, 5) is 12.0. The Bertz CT molecular complexity index is 470. The molecular formula is C14H18N2O2S. The summed E-state index contributed by atoms with van der Waals surface area (Å²) in [5.41, 5.74) is 1.57. The minimum atomic E-state index is -0.178. The smallest absolute Gasteiger partial charge is 0.257 e.